The van der Waals surface area contributed by atoms with E-state index in [9.17, 15) is 5.11 Å². The van der Waals surface area contributed by atoms with Gasteiger partial charge in [-0.2, -0.15) is 10.2 Å². The van der Waals surface area contributed by atoms with Crippen molar-refractivity contribution < 1.29 is 9.84 Å². The van der Waals surface area contributed by atoms with Gasteiger partial charge in [0.1, 0.15) is 11.9 Å². The largest absolute Gasteiger partial charge is 0.495 e. The fraction of sp³-hybridized carbons (Fsp3) is 0.240. The number of nitrogens with zero attached hydrogens (tertiary/aromatic N) is 6. The number of nitrogens with two attached hydrogens (primary N) is 1. The van der Waals surface area contributed by atoms with Gasteiger partial charge in [-0.1, -0.05) is 6.08 Å². The molecule has 11 heteroatoms. The summed E-state index contributed by atoms with van der Waals surface area (Å²) in [5, 5.41) is 18.7. The maximum absolute atomic E-state index is 9.20. The Bertz CT molecular complexity index is 1430. The molecule has 186 valence electrons. The molecule has 10 nitrogen and oxygen atoms in total. The lowest BCUT2D eigenvalue weighted by Crippen LogP contribution is -2.46. The number of benzene rings is 1. The van der Waals surface area contributed by atoms with Crippen molar-refractivity contribution in [2.45, 2.75) is 17.6 Å². The Morgan fingerprint density at radius 2 is 2.03 bits per heavy atom. The number of methoxy groups -OCH3 is 1. The van der Waals surface area contributed by atoms with Crippen LogP contribution in [0.5, 0.6) is 5.75 Å². The minimum absolute atomic E-state index is 0.0288. The van der Waals surface area contributed by atoms with Gasteiger partial charge in [0, 0.05) is 64.4 Å². The van der Waals surface area contributed by atoms with Crippen molar-refractivity contribution >= 4 is 28.2 Å². The number of ether oxygens (including phenoxy) is 1. The Kier molecular flexibility index (Phi) is 7.05. The van der Waals surface area contributed by atoms with Gasteiger partial charge in [0.15, 0.2) is 0 Å². The van der Waals surface area contributed by atoms with Crippen LogP contribution in [0.2, 0.25) is 0 Å². The lowest BCUT2D eigenvalue weighted by atomic mass is 10.1. The van der Waals surface area contributed by atoms with Crippen LogP contribution in [-0.4, -0.2) is 60.3 Å². The van der Waals surface area contributed by atoms with Gasteiger partial charge >= 0.3 is 0 Å². The van der Waals surface area contributed by atoms with E-state index >= 15 is 0 Å². The van der Waals surface area contributed by atoms with Crippen LogP contribution >= 0.6 is 11.8 Å². The van der Waals surface area contributed by atoms with E-state index in [1.807, 2.05) is 37.8 Å². The number of hydrogen-bond donors (Lipinski definition) is 3. The second-order valence-corrected chi connectivity index (χ2v) is 9.36. The number of thioether (sulfide) groups is 1. The lowest BCUT2D eigenvalue weighted by Gasteiger charge is -2.31. The van der Waals surface area contributed by atoms with Crippen molar-refractivity contribution in [3.8, 4) is 16.9 Å². The standard InChI is InChI=1S/C25H28N8O2S/c1-31-13-18(10-28-31)17-3-6-24(30-26)32(14-17)16-36-20-4-5-23-21(9-20)25(35-2)22(12-27-23)19-11-29-33(15-19)7-8-34/h3-6,9-15,24,30,34H,7-8,16,26H2,1-2H3. The van der Waals surface area contributed by atoms with Gasteiger partial charge in [-0.15, -0.1) is 11.8 Å². The summed E-state index contributed by atoms with van der Waals surface area (Å²) in [4.78, 5) is 7.88. The zero-order valence-corrected chi connectivity index (χ0v) is 20.9. The van der Waals surface area contributed by atoms with Gasteiger partial charge in [0.25, 0.3) is 0 Å². The smallest absolute Gasteiger partial charge is 0.137 e. The molecular weight excluding hydrogens is 476 g/mol. The first-order chi connectivity index (χ1) is 17.6. The van der Waals surface area contributed by atoms with E-state index in [2.05, 4.69) is 49.9 Å². The van der Waals surface area contributed by atoms with Crippen molar-refractivity contribution in [1.29, 1.82) is 0 Å². The Balaban J connectivity index is 1.40. The van der Waals surface area contributed by atoms with E-state index in [0.29, 0.717) is 12.4 Å². The molecule has 1 unspecified atom stereocenters. The number of allylic oxidation sites excluding steroid dienone is 2. The quantitative estimate of drug-likeness (QED) is 0.179. The van der Waals surface area contributed by atoms with Crippen molar-refractivity contribution in [1.82, 2.24) is 34.9 Å². The number of hydrazine groups is 1. The normalized spacial score (nSPS) is 15.5. The molecule has 0 spiro atoms. The highest BCUT2D eigenvalue weighted by Gasteiger charge is 2.18. The summed E-state index contributed by atoms with van der Waals surface area (Å²) in [5.74, 6) is 7.23. The first-order valence-corrected chi connectivity index (χ1v) is 12.4. The second kappa shape index (κ2) is 10.5. The van der Waals surface area contributed by atoms with Crippen molar-refractivity contribution in [3.63, 3.8) is 0 Å². The molecule has 0 radical (unpaired) electrons. The molecular formula is C25H28N8O2S. The lowest BCUT2D eigenvalue weighted by molar-refractivity contribution is 0.269. The summed E-state index contributed by atoms with van der Waals surface area (Å²) in [6.45, 7) is 0.465. The van der Waals surface area contributed by atoms with Crippen molar-refractivity contribution in [2.75, 3.05) is 19.6 Å². The van der Waals surface area contributed by atoms with Crippen molar-refractivity contribution in [3.05, 3.63) is 73.1 Å². The molecule has 0 saturated carbocycles. The van der Waals surface area contributed by atoms with Crippen LogP contribution in [0, 0.1) is 0 Å². The fourth-order valence-electron chi connectivity index (χ4n) is 4.16. The maximum atomic E-state index is 9.20. The van der Waals surface area contributed by atoms with E-state index in [1.165, 1.54) is 0 Å². The van der Waals surface area contributed by atoms with Gasteiger partial charge in [0.2, 0.25) is 0 Å². The minimum Gasteiger partial charge on any atom is -0.495 e. The summed E-state index contributed by atoms with van der Waals surface area (Å²) in [5.41, 5.74) is 7.58. The Morgan fingerprint density at radius 3 is 2.78 bits per heavy atom. The van der Waals surface area contributed by atoms with E-state index in [4.69, 9.17) is 10.6 Å². The molecule has 1 aromatic carbocycles. The molecule has 1 aliphatic heterocycles. The van der Waals surface area contributed by atoms with Crippen LogP contribution in [0.4, 0.5) is 0 Å². The van der Waals surface area contributed by atoms with Gasteiger partial charge in [0.05, 0.1) is 44.0 Å². The Hall–Kier alpha value is -3.64. The first kappa shape index (κ1) is 24.1. The highest BCUT2D eigenvalue weighted by molar-refractivity contribution is 7.99. The average molecular weight is 505 g/mol. The molecule has 36 heavy (non-hydrogen) atoms. The van der Waals surface area contributed by atoms with E-state index in [-0.39, 0.29) is 12.8 Å². The number of nitrogens with one attached hydrogen (secondary N) is 1. The molecule has 4 heterocycles. The third-order valence-corrected chi connectivity index (χ3v) is 6.99. The summed E-state index contributed by atoms with van der Waals surface area (Å²) < 4.78 is 9.32. The van der Waals surface area contributed by atoms with Gasteiger partial charge in [-0.05, 0) is 24.3 Å². The highest BCUT2D eigenvalue weighted by Crippen LogP contribution is 2.37. The van der Waals surface area contributed by atoms with Crippen molar-refractivity contribution in [2.24, 2.45) is 12.9 Å². The van der Waals surface area contributed by atoms with Gasteiger partial charge < -0.3 is 14.7 Å². The topological polar surface area (TPSA) is 119 Å². The van der Waals surface area contributed by atoms with E-state index in [1.54, 1.807) is 40.6 Å². The van der Waals surface area contributed by atoms with Crippen LogP contribution in [-0.2, 0) is 13.6 Å². The number of pyridine rings is 1. The number of aromatic nitrogens is 5. The number of hydrogen-bond acceptors (Lipinski definition) is 9. The van der Waals surface area contributed by atoms with E-state index in [0.717, 1.165) is 43.8 Å². The summed E-state index contributed by atoms with van der Waals surface area (Å²) in [6.07, 6.45) is 15.4. The third-order valence-electron chi connectivity index (χ3n) is 5.98. The number of rotatable bonds is 9. The molecule has 0 saturated heterocycles. The minimum atomic E-state index is -0.114. The molecule has 5 rings (SSSR count). The molecule has 4 aromatic rings. The van der Waals surface area contributed by atoms with E-state index < -0.39 is 0 Å². The predicted octanol–water partition coefficient (Wildman–Crippen LogP) is 2.58. The Morgan fingerprint density at radius 1 is 1.17 bits per heavy atom. The molecule has 0 bridgehead atoms. The fourth-order valence-corrected chi connectivity index (χ4v) is 5.06. The molecule has 0 aliphatic carbocycles. The van der Waals surface area contributed by atoms with Crippen LogP contribution in [0.25, 0.3) is 27.6 Å². The number of aliphatic hydroxyl groups excluding tert-OH is 1. The summed E-state index contributed by atoms with van der Waals surface area (Å²) in [7, 11) is 3.57. The average Bonchev–Trinajstić information content (AvgIpc) is 3.55. The Labute approximate surface area is 213 Å². The monoisotopic (exact) mass is 504 g/mol. The van der Waals surface area contributed by atoms with Crippen LogP contribution in [0.3, 0.4) is 0 Å². The van der Waals surface area contributed by atoms with Gasteiger partial charge in [-0.3, -0.25) is 20.2 Å². The zero-order valence-electron chi connectivity index (χ0n) is 20.1. The molecule has 4 N–H and O–H groups in total. The molecule has 1 atom stereocenters. The molecule has 0 fully saturated rings. The molecule has 3 aromatic heterocycles. The van der Waals surface area contributed by atoms with Crippen LogP contribution < -0.4 is 16.0 Å². The SMILES string of the molecule is COc1c(-c2cnn(CCO)c2)cnc2ccc(SCN3C=C(c4cnn(C)c4)C=CC3NN)cc12. The number of fused-ring (bicyclic) bond motifs is 1. The highest BCUT2D eigenvalue weighted by atomic mass is 32.2. The first-order valence-electron chi connectivity index (χ1n) is 11.4. The maximum Gasteiger partial charge on any atom is 0.137 e. The number of aliphatic hydroxyl groups is 1. The summed E-state index contributed by atoms with van der Waals surface area (Å²) >= 11 is 1.70. The van der Waals surface area contributed by atoms with Crippen LogP contribution in [0.1, 0.15) is 5.56 Å². The predicted molar refractivity (Wildman–Crippen MR) is 141 cm³/mol. The molecule has 1 aliphatic rings. The zero-order chi connectivity index (χ0) is 25.1. The number of aryl methyl sites for hydroxylation is 1. The molecule has 0 amide bonds. The summed E-state index contributed by atoms with van der Waals surface area (Å²) in [6, 6.07) is 6.17. The third kappa shape index (κ3) is 4.86. The van der Waals surface area contributed by atoms with Gasteiger partial charge in [-0.25, -0.2) is 5.43 Å². The van der Waals surface area contributed by atoms with Crippen LogP contribution in [0.15, 0.2) is 72.4 Å². The second-order valence-electron chi connectivity index (χ2n) is 8.35.